The number of benzene rings is 3. The topological polar surface area (TPSA) is 79.7 Å². The predicted octanol–water partition coefficient (Wildman–Crippen LogP) is 5.07. The van der Waals surface area contributed by atoms with Gasteiger partial charge in [0, 0.05) is 17.1 Å². The van der Waals surface area contributed by atoms with E-state index in [9.17, 15) is 19.1 Å². The molecule has 1 aliphatic heterocycles. The summed E-state index contributed by atoms with van der Waals surface area (Å²) in [6.07, 6.45) is 1.53. The molecule has 1 N–H and O–H groups in total. The molecule has 5 rings (SSSR count). The van der Waals surface area contributed by atoms with Crippen molar-refractivity contribution in [2.75, 3.05) is 12.0 Å². The number of hydrogen-bond donors (Lipinski definition) is 1. The van der Waals surface area contributed by atoms with Crippen molar-refractivity contribution in [3.63, 3.8) is 0 Å². The summed E-state index contributed by atoms with van der Waals surface area (Å²) in [7, 11) is 1.58. The molecule has 4 aromatic rings. The summed E-state index contributed by atoms with van der Waals surface area (Å²) in [5.41, 5.74) is 0.796. The molecule has 1 saturated heterocycles. The number of aliphatic hydroxyl groups excluding tert-OH is 1. The van der Waals surface area contributed by atoms with Gasteiger partial charge in [0.1, 0.15) is 17.3 Å². The molecule has 1 unspecified atom stereocenters. The molecular formula is C25H17FN2O4S. The fourth-order valence-electron chi connectivity index (χ4n) is 3.98. The minimum absolute atomic E-state index is 0.0744. The quantitative estimate of drug-likeness (QED) is 0.261. The molecule has 0 saturated carbocycles. The number of ketones is 1. The second-order valence-corrected chi connectivity index (χ2v) is 8.34. The van der Waals surface area contributed by atoms with Gasteiger partial charge >= 0.3 is 5.91 Å². The molecule has 1 amide bonds. The fourth-order valence-corrected chi connectivity index (χ4v) is 4.65. The zero-order valence-electron chi connectivity index (χ0n) is 17.4. The van der Waals surface area contributed by atoms with Crippen molar-refractivity contribution in [3.05, 3.63) is 94.8 Å². The number of aromatic nitrogens is 1. The van der Waals surface area contributed by atoms with Crippen LogP contribution >= 0.6 is 11.3 Å². The lowest BCUT2D eigenvalue weighted by Crippen LogP contribution is -2.29. The van der Waals surface area contributed by atoms with Crippen molar-refractivity contribution in [1.29, 1.82) is 0 Å². The van der Waals surface area contributed by atoms with Crippen LogP contribution in [-0.4, -0.2) is 28.9 Å². The lowest BCUT2D eigenvalue weighted by atomic mass is 9.94. The van der Waals surface area contributed by atoms with Crippen molar-refractivity contribution in [1.82, 2.24) is 4.98 Å². The number of hydrogen-bond acceptors (Lipinski definition) is 6. The van der Waals surface area contributed by atoms with Crippen LogP contribution in [0.5, 0.6) is 5.75 Å². The van der Waals surface area contributed by atoms with Crippen LogP contribution in [0.1, 0.15) is 17.2 Å². The number of thiazole rings is 1. The maximum atomic E-state index is 13.6. The smallest absolute Gasteiger partial charge is 0.301 e. The molecule has 0 spiro atoms. The Hall–Kier alpha value is -4.04. The van der Waals surface area contributed by atoms with E-state index in [1.165, 1.54) is 46.7 Å². The average Bonchev–Trinajstić information content (AvgIpc) is 3.45. The van der Waals surface area contributed by atoms with E-state index in [4.69, 9.17) is 4.74 Å². The van der Waals surface area contributed by atoms with Crippen LogP contribution in [0.15, 0.2) is 77.8 Å². The highest BCUT2D eigenvalue weighted by atomic mass is 32.1. The SMILES string of the molecule is COc1ccc2cc(/C(O)=C3\C(=O)C(=O)N(c4nccs4)C3c3ccc(F)cc3)ccc2c1. The van der Waals surface area contributed by atoms with Crippen LogP contribution in [-0.2, 0) is 9.59 Å². The van der Waals surface area contributed by atoms with Gasteiger partial charge in [0.25, 0.3) is 5.78 Å². The number of methoxy groups -OCH3 is 1. The van der Waals surface area contributed by atoms with E-state index in [1.54, 1.807) is 36.8 Å². The number of ether oxygens (including phenoxy) is 1. The van der Waals surface area contributed by atoms with E-state index in [0.717, 1.165) is 10.8 Å². The molecule has 0 bridgehead atoms. The van der Waals surface area contributed by atoms with Gasteiger partial charge < -0.3 is 9.84 Å². The lowest BCUT2D eigenvalue weighted by molar-refractivity contribution is -0.132. The van der Waals surface area contributed by atoms with E-state index in [2.05, 4.69) is 4.98 Å². The minimum atomic E-state index is -0.941. The second-order valence-electron chi connectivity index (χ2n) is 7.46. The maximum absolute atomic E-state index is 13.6. The molecule has 33 heavy (non-hydrogen) atoms. The highest BCUT2D eigenvalue weighted by Gasteiger charge is 2.47. The van der Waals surface area contributed by atoms with Gasteiger partial charge in [0.15, 0.2) is 5.13 Å². The minimum Gasteiger partial charge on any atom is -0.507 e. The summed E-state index contributed by atoms with van der Waals surface area (Å²) in [5, 5.41) is 15.0. The number of Topliss-reactive ketones (excluding diaryl/α,β-unsaturated/α-hetero) is 1. The molecule has 164 valence electrons. The number of halogens is 1. The van der Waals surface area contributed by atoms with Crippen LogP contribution in [0.25, 0.3) is 16.5 Å². The summed E-state index contributed by atoms with van der Waals surface area (Å²) in [6, 6.07) is 15.3. The number of carbonyl (C=O) groups is 2. The molecule has 2 heterocycles. The van der Waals surface area contributed by atoms with Gasteiger partial charge in [0.05, 0.1) is 18.7 Å². The van der Waals surface area contributed by atoms with E-state index in [0.29, 0.717) is 22.0 Å². The molecular weight excluding hydrogens is 443 g/mol. The Morgan fingerprint density at radius 3 is 2.48 bits per heavy atom. The number of aliphatic hydroxyl groups is 1. The Kier molecular flexibility index (Phi) is 5.14. The zero-order valence-corrected chi connectivity index (χ0v) is 18.2. The summed E-state index contributed by atoms with van der Waals surface area (Å²) in [5.74, 6) is -1.68. The molecule has 1 aromatic heterocycles. The summed E-state index contributed by atoms with van der Waals surface area (Å²) in [4.78, 5) is 31.5. The van der Waals surface area contributed by atoms with Crippen molar-refractivity contribution >= 4 is 44.7 Å². The number of nitrogens with zero attached hydrogens (tertiary/aromatic N) is 2. The zero-order chi connectivity index (χ0) is 23.1. The Bertz CT molecular complexity index is 1410. The molecule has 0 aliphatic carbocycles. The fraction of sp³-hybridized carbons (Fsp3) is 0.0800. The molecule has 0 radical (unpaired) electrons. The number of amides is 1. The van der Waals surface area contributed by atoms with Crippen molar-refractivity contribution in [2.24, 2.45) is 0 Å². The van der Waals surface area contributed by atoms with Gasteiger partial charge in [-0.15, -0.1) is 11.3 Å². The molecule has 1 aliphatic rings. The largest absolute Gasteiger partial charge is 0.507 e. The van der Waals surface area contributed by atoms with Gasteiger partial charge in [-0.3, -0.25) is 14.5 Å². The summed E-state index contributed by atoms with van der Waals surface area (Å²) < 4.78 is 18.8. The predicted molar refractivity (Wildman–Crippen MR) is 124 cm³/mol. The van der Waals surface area contributed by atoms with Gasteiger partial charge in [-0.05, 0) is 46.7 Å². The van der Waals surface area contributed by atoms with Crippen molar-refractivity contribution in [2.45, 2.75) is 6.04 Å². The maximum Gasteiger partial charge on any atom is 0.301 e. The number of rotatable bonds is 4. The molecule has 1 fully saturated rings. The second kappa shape index (κ2) is 8.14. The standard InChI is InChI=1S/C25H17FN2O4S/c1-32-19-9-6-15-12-17(3-2-16(15)13-19)22(29)20-21(14-4-7-18(26)8-5-14)28(24(31)23(20)30)25-27-10-11-33-25/h2-13,21,29H,1H3/b22-20+. The van der Waals surface area contributed by atoms with Crippen molar-refractivity contribution < 1.29 is 23.8 Å². The third-order valence-corrected chi connectivity index (χ3v) is 6.35. The Morgan fingerprint density at radius 1 is 1.06 bits per heavy atom. The highest BCUT2D eigenvalue weighted by molar-refractivity contribution is 7.14. The lowest BCUT2D eigenvalue weighted by Gasteiger charge is -2.23. The first-order chi connectivity index (χ1) is 16.0. The third-order valence-electron chi connectivity index (χ3n) is 5.58. The average molecular weight is 460 g/mol. The Morgan fingerprint density at radius 2 is 1.79 bits per heavy atom. The van der Waals surface area contributed by atoms with Gasteiger partial charge in [-0.25, -0.2) is 9.37 Å². The van der Waals surface area contributed by atoms with E-state index >= 15 is 0 Å². The highest BCUT2D eigenvalue weighted by Crippen LogP contribution is 2.43. The van der Waals surface area contributed by atoms with Crippen LogP contribution < -0.4 is 9.64 Å². The first-order valence-electron chi connectivity index (χ1n) is 10.0. The monoisotopic (exact) mass is 460 g/mol. The normalized spacial score (nSPS) is 17.6. The van der Waals surface area contributed by atoms with Crippen LogP contribution in [0.4, 0.5) is 9.52 Å². The molecule has 6 nitrogen and oxygen atoms in total. The van der Waals surface area contributed by atoms with E-state index in [1.807, 2.05) is 12.1 Å². The van der Waals surface area contributed by atoms with E-state index in [-0.39, 0.29) is 11.3 Å². The molecule has 3 aromatic carbocycles. The van der Waals surface area contributed by atoms with Crippen LogP contribution in [0.2, 0.25) is 0 Å². The molecule has 8 heteroatoms. The number of fused-ring (bicyclic) bond motifs is 1. The first-order valence-corrected chi connectivity index (χ1v) is 10.9. The van der Waals surface area contributed by atoms with Crippen LogP contribution in [0.3, 0.4) is 0 Å². The van der Waals surface area contributed by atoms with E-state index < -0.39 is 23.5 Å². The number of anilines is 1. The first kappa shape index (κ1) is 20.8. The van der Waals surface area contributed by atoms with Gasteiger partial charge in [0.2, 0.25) is 0 Å². The summed E-state index contributed by atoms with van der Waals surface area (Å²) in [6.45, 7) is 0. The van der Waals surface area contributed by atoms with Gasteiger partial charge in [-0.2, -0.15) is 0 Å². The van der Waals surface area contributed by atoms with Crippen LogP contribution in [0, 0.1) is 5.82 Å². The molecule has 1 atom stereocenters. The van der Waals surface area contributed by atoms with Crippen molar-refractivity contribution in [3.8, 4) is 5.75 Å². The Balaban J connectivity index is 1.69. The number of carbonyl (C=O) groups excluding carboxylic acids is 2. The summed E-state index contributed by atoms with van der Waals surface area (Å²) >= 11 is 1.19. The van der Waals surface area contributed by atoms with Gasteiger partial charge in [-0.1, -0.05) is 30.3 Å². The third kappa shape index (κ3) is 3.54. The Labute approximate surface area is 192 Å².